The molecule has 2 heterocycles. The second-order valence-corrected chi connectivity index (χ2v) is 3.46. The highest BCUT2D eigenvalue weighted by Gasteiger charge is 2.33. The molecule has 0 spiro atoms. The van der Waals surface area contributed by atoms with E-state index in [1.165, 1.54) is 16.7 Å². The minimum Gasteiger partial charge on any atom is -0.481 e. The zero-order chi connectivity index (χ0) is 9.42. The van der Waals surface area contributed by atoms with Crippen LogP contribution in [0.25, 0.3) is 0 Å². The Morgan fingerprint density at radius 1 is 1.77 bits per heavy atom. The van der Waals surface area contributed by atoms with Gasteiger partial charge in [-0.2, -0.15) is 0 Å². The van der Waals surface area contributed by atoms with Crippen molar-refractivity contribution >= 4 is 28.8 Å². The number of aliphatic carboxylic acids is 1. The maximum atomic E-state index is 11.2. The Hall–Kier alpha value is -1.30. The van der Waals surface area contributed by atoms with E-state index < -0.39 is 5.97 Å². The standard InChI is InChI=1S/C7H6N2O3S/c10-5-2-8-7-9(5)4(3-13-7)1-6(11)12/h3H,1-2H2,(H,11,12). The SMILES string of the molecule is O=C(O)CC1=CSC2=NCC(=O)N12. The Kier molecular flexibility index (Phi) is 1.84. The number of carboxylic acid groups (broad SMARTS) is 1. The van der Waals surface area contributed by atoms with E-state index in [2.05, 4.69) is 4.99 Å². The van der Waals surface area contributed by atoms with Gasteiger partial charge in [-0.15, -0.1) is 0 Å². The number of fused-ring (bicyclic) bond motifs is 1. The van der Waals surface area contributed by atoms with Gasteiger partial charge in [0.1, 0.15) is 6.54 Å². The molecule has 0 unspecified atom stereocenters. The molecule has 13 heavy (non-hydrogen) atoms. The smallest absolute Gasteiger partial charge is 0.309 e. The molecule has 0 radical (unpaired) electrons. The van der Waals surface area contributed by atoms with Crippen LogP contribution in [0, 0.1) is 0 Å². The molecule has 2 rings (SSSR count). The van der Waals surface area contributed by atoms with E-state index in [-0.39, 0.29) is 18.9 Å². The second-order valence-electron chi connectivity index (χ2n) is 2.63. The summed E-state index contributed by atoms with van der Waals surface area (Å²) in [5, 5.41) is 10.8. The molecular formula is C7H6N2O3S. The molecule has 0 saturated heterocycles. The van der Waals surface area contributed by atoms with Crippen molar-refractivity contribution in [3.05, 3.63) is 11.1 Å². The number of rotatable bonds is 2. The highest BCUT2D eigenvalue weighted by Crippen LogP contribution is 2.31. The van der Waals surface area contributed by atoms with Crippen molar-refractivity contribution in [3.63, 3.8) is 0 Å². The minimum absolute atomic E-state index is 0.127. The van der Waals surface area contributed by atoms with Gasteiger partial charge in [-0.05, 0) is 5.41 Å². The summed E-state index contributed by atoms with van der Waals surface area (Å²) in [4.78, 5) is 27.0. The zero-order valence-corrected chi connectivity index (χ0v) is 7.37. The van der Waals surface area contributed by atoms with Gasteiger partial charge in [-0.1, -0.05) is 11.8 Å². The average molecular weight is 198 g/mol. The van der Waals surface area contributed by atoms with Crippen LogP contribution in [0.3, 0.4) is 0 Å². The number of thioether (sulfide) groups is 1. The highest BCUT2D eigenvalue weighted by atomic mass is 32.2. The van der Waals surface area contributed by atoms with Gasteiger partial charge in [0.05, 0.1) is 6.42 Å². The zero-order valence-electron chi connectivity index (χ0n) is 6.56. The summed E-state index contributed by atoms with van der Waals surface area (Å²) in [6, 6.07) is 0. The first kappa shape index (κ1) is 8.31. The second kappa shape index (κ2) is 2.88. The molecule has 0 aromatic heterocycles. The van der Waals surface area contributed by atoms with Gasteiger partial charge in [-0.25, -0.2) is 0 Å². The summed E-state index contributed by atoms with van der Waals surface area (Å²) in [6.45, 7) is 0.138. The number of hydrogen-bond acceptors (Lipinski definition) is 4. The molecule has 1 amide bonds. The van der Waals surface area contributed by atoms with Crippen molar-refractivity contribution in [2.45, 2.75) is 6.42 Å². The fraction of sp³-hybridized carbons (Fsp3) is 0.286. The molecule has 5 nitrogen and oxygen atoms in total. The summed E-state index contributed by atoms with van der Waals surface area (Å²) < 4.78 is 0. The van der Waals surface area contributed by atoms with Gasteiger partial charge in [0, 0.05) is 5.70 Å². The predicted molar refractivity (Wildman–Crippen MR) is 47.1 cm³/mol. The molecule has 2 aliphatic heterocycles. The van der Waals surface area contributed by atoms with Gasteiger partial charge in [0.25, 0.3) is 5.91 Å². The summed E-state index contributed by atoms with van der Waals surface area (Å²) in [6.07, 6.45) is -0.127. The molecule has 0 saturated carbocycles. The molecular weight excluding hydrogens is 192 g/mol. The molecule has 0 fully saturated rings. The third kappa shape index (κ3) is 1.33. The van der Waals surface area contributed by atoms with E-state index in [0.29, 0.717) is 10.9 Å². The van der Waals surface area contributed by atoms with Crippen LogP contribution in [-0.2, 0) is 9.59 Å². The lowest BCUT2D eigenvalue weighted by atomic mass is 10.3. The number of carbonyl (C=O) groups excluding carboxylic acids is 1. The number of aliphatic imine (C=N–C) groups is 1. The number of carbonyl (C=O) groups is 2. The minimum atomic E-state index is -0.937. The van der Waals surface area contributed by atoms with Crippen LogP contribution in [0.1, 0.15) is 6.42 Å². The molecule has 0 aromatic carbocycles. The van der Waals surface area contributed by atoms with Gasteiger partial charge >= 0.3 is 5.97 Å². The lowest BCUT2D eigenvalue weighted by molar-refractivity contribution is -0.136. The molecule has 68 valence electrons. The van der Waals surface area contributed by atoms with Crippen LogP contribution in [0.2, 0.25) is 0 Å². The monoisotopic (exact) mass is 198 g/mol. The number of nitrogens with zero attached hydrogens (tertiary/aromatic N) is 2. The van der Waals surface area contributed by atoms with Crippen LogP contribution in [0.5, 0.6) is 0 Å². The Morgan fingerprint density at radius 3 is 3.23 bits per heavy atom. The molecule has 0 aliphatic carbocycles. The summed E-state index contributed by atoms with van der Waals surface area (Å²) in [5.41, 5.74) is 0.513. The summed E-state index contributed by atoms with van der Waals surface area (Å²) >= 11 is 1.30. The number of amidine groups is 1. The van der Waals surface area contributed by atoms with Crippen LogP contribution in [0.15, 0.2) is 16.1 Å². The van der Waals surface area contributed by atoms with Crippen molar-refractivity contribution in [2.24, 2.45) is 4.99 Å². The third-order valence-electron chi connectivity index (χ3n) is 1.71. The predicted octanol–water partition coefficient (Wildman–Crippen LogP) is 0.248. The Balaban J connectivity index is 2.18. The largest absolute Gasteiger partial charge is 0.481 e. The third-order valence-corrected chi connectivity index (χ3v) is 2.62. The fourth-order valence-corrected chi connectivity index (χ4v) is 2.10. The number of carboxylic acids is 1. The van der Waals surface area contributed by atoms with Gasteiger partial charge in [0.15, 0.2) is 5.17 Å². The lowest BCUT2D eigenvalue weighted by Gasteiger charge is -2.12. The molecule has 0 atom stereocenters. The van der Waals surface area contributed by atoms with Crippen LogP contribution in [0.4, 0.5) is 0 Å². The van der Waals surface area contributed by atoms with E-state index >= 15 is 0 Å². The van der Waals surface area contributed by atoms with Crippen molar-refractivity contribution in [3.8, 4) is 0 Å². The maximum absolute atomic E-state index is 11.2. The van der Waals surface area contributed by atoms with Crippen LogP contribution in [-0.4, -0.2) is 33.6 Å². The molecule has 6 heteroatoms. The topological polar surface area (TPSA) is 70.0 Å². The van der Waals surface area contributed by atoms with E-state index in [4.69, 9.17) is 5.11 Å². The van der Waals surface area contributed by atoms with E-state index in [9.17, 15) is 9.59 Å². The van der Waals surface area contributed by atoms with Crippen molar-refractivity contribution in [1.82, 2.24) is 4.90 Å². The molecule has 0 aromatic rings. The average Bonchev–Trinajstić information content (AvgIpc) is 2.56. The number of amides is 1. The lowest BCUT2D eigenvalue weighted by Crippen LogP contribution is -2.27. The first-order chi connectivity index (χ1) is 6.18. The van der Waals surface area contributed by atoms with Gasteiger partial charge in [0.2, 0.25) is 0 Å². The van der Waals surface area contributed by atoms with Gasteiger partial charge < -0.3 is 5.11 Å². The normalized spacial score (nSPS) is 20.0. The highest BCUT2D eigenvalue weighted by molar-refractivity contribution is 8.16. The van der Waals surface area contributed by atoms with Crippen molar-refractivity contribution < 1.29 is 14.7 Å². The summed E-state index contributed by atoms with van der Waals surface area (Å²) in [5.74, 6) is -1.08. The van der Waals surface area contributed by atoms with E-state index in [0.717, 1.165) is 0 Å². The maximum Gasteiger partial charge on any atom is 0.309 e. The Bertz CT molecular complexity index is 348. The molecule has 1 N–H and O–H groups in total. The molecule has 0 bridgehead atoms. The van der Waals surface area contributed by atoms with Crippen LogP contribution >= 0.6 is 11.8 Å². The van der Waals surface area contributed by atoms with Crippen molar-refractivity contribution in [1.29, 1.82) is 0 Å². The Labute approximate surface area is 78.1 Å². The van der Waals surface area contributed by atoms with Crippen molar-refractivity contribution in [2.75, 3.05) is 6.54 Å². The summed E-state index contributed by atoms with van der Waals surface area (Å²) in [7, 11) is 0. The fourth-order valence-electron chi connectivity index (χ4n) is 1.21. The van der Waals surface area contributed by atoms with Crippen LogP contribution < -0.4 is 0 Å². The molecule has 2 aliphatic rings. The first-order valence-corrected chi connectivity index (χ1v) is 4.51. The number of hydrogen-bond donors (Lipinski definition) is 1. The Morgan fingerprint density at radius 2 is 2.54 bits per heavy atom. The first-order valence-electron chi connectivity index (χ1n) is 3.63. The quantitative estimate of drug-likeness (QED) is 0.690. The van der Waals surface area contributed by atoms with E-state index in [1.54, 1.807) is 5.41 Å². The van der Waals surface area contributed by atoms with Gasteiger partial charge in [-0.3, -0.25) is 19.5 Å². The van der Waals surface area contributed by atoms with E-state index in [1.807, 2.05) is 0 Å².